The zero-order valence-corrected chi connectivity index (χ0v) is 11.7. The summed E-state index contributed by atoms with van der Waals surface area (Å²) in [4.78, 5) is 22.5. The first-order valence-corrected chi connectivity index (χ1v) is 6.71. The van der Waals surface area contributed by atoms with Crippen LogP contribution in [0, 0.1) is 10.1 Å². The highest BCUT2D eigenvalue weighted by Crippen LogP contribution is 2.21. The number of benzene rings is 1. The Balaban J connectivity index is 2.48. The quantitative estimate of drug-likeness (QED) is 0.469. The first-order valence-electron chi connectivity index (χ1n) is 5.72. The van der Waals surface area contributed by atoms with E-state index < -0.39 is 10.5 Å². The van der Waals surface area contributed by atoms with Crippen molar-refractivity contribution >= 4 is 23.4 Å². The van der Waals surface area contributed by atoms with Crippen LogP contribution in [-0.4, -0.2) is 28.7 Å². The van der Waals surface area contributed by atoms with Gasteiger partial charge in [-0.05, 0) is 26.0 Å². The van der Waals surface area contributed by atoms with E-state index in [9.17, 15) is 14.9 Å². The van der Waals surface area contributed by atoms with E-state index in [0.717, 1.165) is 4.90 Å². The number of thioether (sulfide) groups is 1. The van der Waals surface area contributed by atoms with Crippen LogP contribution in [0.3, 0.4) is 0 Å². The highest BCUT2D eigenvalue weighted by Gasteiger charge is 2.18. The number of nitrogens with two attached hydrogens (primary N) is 1. The van der Waals surface area contributed by atoms with Crippen molar-refractivity contribution in [1.29, 1.82) is 0 Å². The van der Waals surface area contributed by atoms with Crippen molar-refractivity contribution in [3.63, 3.8) is 0 Å². The Morgan fingerprint density at radius 2 is 2.00 bits per heavy atom. The maximum atomic E-state index is 11.7. The molecule has 19 heavy (non-hydrogen) atoms. The van der Waals surface area contributed by atoms with Gasteiger partial charge < -0.3 is 11.1 Å². The minimum absolute atomic E-state index is 0.0399. The highest BCUT2D eigenvalue weighted by molar-refractivity contribution is 8.00. The van der Waals surface area contributed by atoms with Crippen molar-refractivity contribution in [1.82, 2.24) is 5.32 Å². The van der Waals surface area contributed by atoms with Gasteiger partial charge in [0.2, 0.25) is 5.91 Å². The van der Waals surface area contributed by atoms with Gasteiger partial charge in [-0.2, -0.15) is 0 Å². The van der Waals surface area contributed by atoms with Crippen LogP contribution in [-0.2, 0) is 4.79 Å². The molecule has 0 aliphatic rings. The molecule has 1 amide bonds. The third-order valence-electron chi connectivity index (χ3n) is 2.41. The SMILES string of the molecule is CC(C)(CN)NC(=O)CSc1ccc([N+](=O)[O-])cc1. The van der Waals surface area contributed by atoms with Crippen LogP contribution < -0.4 is 11.1 Å². The Bertz CT molecular complexity index is 460. The van der Waals surface area contributed by atoms with Crippen LogP contribution in [0.5, 0.6) is 0 Å². The monoisotopic (exact) mass is 283 g/mol. The van der Waals surface area contributed by atoms with Crippen LogP contribution in [0.4, 0.5) is 5.69 Å². The molecular weight excluding hydrogens is 266 g/mol. The zero-order chi connectivity index (χ0) is 14.5. The first kappa shape index (κ1) is 15.5. The minimum atomic E-state index is -0.453. The summed E-state index contributed by atoms with van der Waals surface area (Å²) < 4.78 is 0. The van der Waals surface area contributed by atoms with E-state index in [1.165, 1.54) is 23.9 Å². The van der Waals surface area contributed by atoms with Crippen molar-refractivity contribution in [2.24, 2.45) is 5.73 Å². The van der Waals surface area contributed by atoms with Crippen LogP contribution >= 0.6 is 11.8 Å². The van der Waals surface area contributed by atoms with Gasteiger partial charge in [0.15, 0.2) is 0 Å². The summed E-state index contributed by atoms with van der Waals surface area (Å²) in [6.07, 6.45) is 0. The fraction of sp³-hybridized carbons (Fsp3) is 0.417. The van der Waals surface area contributed by atoms with Crippen molar-refractivity contribution in [2.75, 3.05) is 12.3 Å². The molecule has 0 aliphatic carbocycles. The van der Waals surface area contributed by atoms with E-state index in [0.29, 0.717) is 6.54 Å². The van der Waals surface area contributed by atoms with E-state index in [1.54, 1.807) is 12.1 Å². The summed E-state index contributed by atoms with van der Waals surface area (Å²) in [5.41, 5.74) is 5.14. The normalized spacial score (nSPS) is 11.1. The molecule has 0 unspecified atom stereocenters. The van der Waals surface area contributed by atoms with Gasteiger partial charge in [-0.25, -0.2) is 0 Å². The molecule has 0 fully saturated rings. The summed E-state index contributed by atoms with van der Waals surface area (Å²) in [6.45, 7) is 4.06. The van der Waals surface area contributed by atoms with Crippen LogP contribution in [0.2, 0.25) is 0 Å². The van der Waals surface area contributed by atoms with E-state index in [2.05, 4.69) is 5.32 Å². The molecule has 1 rings (SSSR count). The highest BCUT2D eigenvalue weighted by atomic mass is 32.2. The summed E-state index contributed by atoms with van der Waals surface area (Å²) in [5.74, 6) is 0.139. The van der Waals surface area contributed by atoms with Crippen molar-refractivity contribution in [3.05, 3.63) is 34.4 Å². The molecule has 0 radical (unpaired) electrons. The molecule has 7 heteroatoms. The summed E-state index contributed by atoms with van der Waals surface area (Å²) in [5, 5.41) is 13.3. The van der Waals surface area contributed by atoms with Crippen molar-refractivity contribution in [3.8, 4) is 0 Å². The number of nitrogens with one attached hydrogen (secondary N) is 1. The van der Waals surface area contributed by atoms with Gasteiger partial charge in [-0.1, -0.05) is 0 Å². The Morgan fingerprint density at radius 1 is 1.42 bits per heavy atom. The number of carbonyl (C=O) groups is 1. The number of amides is 1. The molecule has 0 saturated heterocycles. The maximum absolute atomic E-state index is 11.7. The lowest BCUT2D eigenvalue weighted by Gasteiger charge is -2.24. The lowest BCUT2D eigenvalue weighted by molar-refractivity contribution is -0.384. The van der Waals surface area contributed by atoms with E-state index >= 15 is 0 Å². The molecular formula is C12H17N3O3S. The molecule has 0 heterocycles. The number of hydrogen-bond acceptors (Lipinski definition) is 5. The standard InChI is InChI=1S/C12H17N3O3S/c1-12(2,8-13)14-11(16)7-19-10-5-3-9(4-6-10)15(17)18/h3-6H,7-8,13H2,1-2H3,(H,14,16). The predicted octanol–water partition coefficient (Wildman–Crippen LogP) is 1.54. The lowest BCUT2D eigenvalue weighted by atomic mass is 10.1. The summed E-state index contributed by atoms with van der Waals surface area (Å²) in [6, 6.07) is 6.10. The lowest BCUT2D eigenvalue weighted by Crippen LogP contribution is -2.49. The van der Waals surface area contributed by atoms with Gasteiger partial charge in [0.05, 0.1) is 10.7 Å². The van der Waals surface area contributed by atoms with Crippen LogP contribution in [0.25, 0.3) is 0 Å². The van der Waals surface area contributed by atoms with Gasteiger partial charge in [0.25, 0.3) is 5.69 Å². The van der Waals surface area contributed by atoms with Crippen molar-refractivity contribution in [2.45, 2.75) is 24.3 Å². The molecule has 0 atom stereocenters. The molecule has 0 aliphatic heterocycles. The van der Waals surface area contributed by atoms with Crippen molar-refractivity contribution < 1.29 is 9.72 Å². The number of rotatable bonds is 6. The Labute approximate surface area is 115 Å². The second kappa shape index (κ2) is 6.53. The maximum Gasteiger partial charge on any atom is 0.269 e. The third-order valence-corrected chi connectivity index (χ3v) is 3.42. The predicted molar refractivity (Wildman–Crippen MR) is 75.1 cm³/mol. The van der Waals surface area contributed by atoms with Gasteiger partial charge >= 0.3 is 0 Å². The number of carbonyl (C=O) groups excluding carboxylic acids is 1. The van der Waals surface area contributed by atoms with Crippen LogP contribution in [0.1, 0.15) is 13.8 Å². The van der Waals surface area contributed by atoms with E-state index in [1.807, 2.05) is 13.8 Å². The molecule has 1 aromatic carbocycles. The van der Waals surface area contributed by atoms with Crippen LogP contribution in [0.15, 0.2) is 29.2 Å². The largest absolute Gasteiger partial charge is 0.349 e. The average molecular weight is 283 g/mol. The van der Waals surface area contributed by atoms with Gasteiger partial charge in [-0.3, -0.25) is 14.9 Å². The molecule has 0 bridgehead atoms. The topological polar surface area (TPSA) is 98.3 Å². The summed E-state index contributed by atoms with van der Waals surface area (Å²) >= 11 is 1.32. The smallest absolute Gasteiger partial charge is 0.269 e. The Morgan fingerprint density at radius 3 is 2.47 bits per heavy atom. The second-order valence-corrected chi connectivity index (χ2v) is 5.72. The molecule has 6 nitrogen and oxygen atoms in total. The molecule has 1 aromatic rings. The summed E-state index contributed by atoms with van der Waals surface area (Å²) in [7, 11) is 0. The second-order valence-electron chi connectivity index (χ2n) is 4.68. The molecule has 3 N–H and O–H groups in total. The van der Waals surface area contributed by atoms with Gasteiger partial charge in [0.1, 0.15) is 0 Å². The number of nitro groups is 1. The molecule has 0 spiro atoms. The minimum Gasteiger partial charge on any atom is -0.349 e. The van der Waals surface area contributed by atoms with E-state index in [-0.39, 0.29) is 17.3 Å². The fourth-order valence-electron chi connectivity index (χ4n) is 1.28. The van der Waals surface area contributed by atoms with E-state index in [4.69, 9.17) is 5.73 Å². The Hall–Kier alpha value is -1.60. The molecule has 0 saturated carbocycles. The third kappa shape index (κ3) is 5.27. The van der Waals surface area contributed by atoms with Gasteiger partial charge in [-0.15, -0.1) is 11.8 Å². The average Bonchev–Trinajstić information content (AvgIpc) is 2.36. The Kier molecular flexibility index (Phi) is 5.31. The molecule has 0 aromatic heterocycles. The number of hydrogen-bond donors (Lipinski definition) is 2. The number of nitrogens with zero attached hydrogens (tertiary/aromatic N) is 1. The first-order chi connectivity index (χ1) is 8.84. The number of non-ortho nitro benzene ring substituents is 1. The molecule has 104 valence electrons. The zero-order valence-electron chi connectivity index (χ0n) is 10.9. The fourth-order valence-corrected chi connectivity index (χ4v) is 1.98. The van der Waals surface area contributed by atoms with Gasteiger partial charge in [0, 0.05) is 29.1 Å². The number of nitro benzene ring substituents is 1.